The molecule has 0 saturated heterocycles. The molecule has 0 atom stereocenters. The van der Waals surface area contributed by atoms with E-state index in [1.54, 1.807) is 20.8 Å². The zero-order valence-electron chi connectivity index (χ0n) is 9.30. The number of halogens is 2. The second-order valence-corrected chi connectivity index (χ2v) is 5.18. The Labute approximate surface area is 104 Å². The van der Waals surface area contributed by atoms with Crippen LogP contribution in [0.25, 0.3) is 0 Å². The maximum atomic E-state index is 11.8. The molecule has 0 unspecified atom stereocenters. The van der Waals surface area contributed by atoms with Crippen molar-refractivity contribution in [3.05, 3.63) is 27.7 Å². The van der Waals surface area contributed by atoms with Gasteiger partial charge in [-0.25, -0.2) is 4.79 Å². The molecule has 0 saturated carbocycles. The van der Waals surface area contributed by atoms with Crippen molar-refractivity contribution >= 4 is 34.9 Å². The Morgan fingerprint density at radius 1 is 1.25 bits per heavy atom. The molecule has 5 heteroatoms. The Bertz CT molecular complexity index is 401. The second kappa shape index (κ2) is 4.52. The molecule has 0 bridgehead atoms. The monoisotopic (exact) mass is 261 g/mol. The van der Waals surface area contributed by atoms with Crippen LogP contribution in [0.2, 0.25) is 10.0 Å². The number of carbonyl (C=O) groups is 1. The molecule has 0 aliphatic rings. The summed E-state index contributed by atoms with van der Waals surface area (Å²) in [5, 5.41) is 0.388. The maximum Gasteiger partial charge on any atom is 0.341 e. The highest BCUT2D eigenvalue weighted by atomic mass is 35.5. The van der Waals surface area contributed by atoms with Gasteiger partial charge in [0.05, 0.1) is 15.6 Å². The van der Waals surface area contributed by atoms with Gasteiger partial charge in [0.25, 0.3) is 0 Å². The van der Waals surface area contributed by atoms with E-state index in [4.69, 9.17) is 33.7 Å². The van der Waals surface area contributed by atoms with E-state index in [2.05, 4.69) is 0 Å². The molecule has 16 heavy (non-hydrogen) atoms. The van der Waals surface area contributed by atoms with E-state index in [0.717, 1.165) is 0 Å². The smallest absolute Gasteiger partial charge is 0.341 e. The van der Waals surface area contributed by atoms with Gasteiger partial charge < -0.3 is 10.5 Å². The minimum absolute atomic E-state index is 0.146. The van der Waals surface area contributed by atoms with Crippen LogP contribution in [0.3, 0.4) is 0 Å². The third kappa shape index (κ3) is 3.29. The molecule has 1 rings (SSSR count). The number of nitrogen functional groups attached to an aromatic ring is 1. The third-order valence-electron chi connectivity index (χ3n) is 1.67. The molecule has 0 heterocycles. The molecule has 1 aromatic carbocycles. The summed E-state index contributed by atoms with van der Waals surface area (Å²) in [7, 11) is 0. The number of ether oxygens (including phenoxy) is 1. The van der Waals surface area contributed by atoms with Crippen LogP contribution in [-0.4, -0.2) is 11.6 Å². The van der Waals surface area contributed by atoms with Crippen molar-refractivity contribution in [3.8, 4) is 0 Å². The van der Waals surface area contributed by atoms with Gasteiger partial charge in [-0.3, -0.25) is 0 Å². The number of esters is 1. The first-order valence-corrected chi connectivity index (χ1v) is 5.44. The van der Waals surface area contributed by atoms with E-state index < -0.39 is 11.6 Å². The first-order valence-electron chi connectivity index (χ1n) is 4.68. The van der Waals surface area contributed by atoms with Crippen molar-refractivity contribution in [1.29, 1.82) is 0 Å². The van der Waals surface area contributed by atoms with Gasteiger partial charge in [-0.2, -0.15) is 0 Å². The van der Waals surface area contributed by atoms with Gasteiger partial charge in [-0.05, 0) is 32.9 Å². The predicted octanol–water partition coefficient (Wildman–Crippen LogP) is 3.53. The quantitative estimate of drug-likeness (QED) is 0.622. The van der Waals surface area contributed by atoms with Crippen LogP contribution in [0.15, 0.2) is 12.1 Å². The van der Waals surface area contributed by atoms with Gasteiger partial charge in [0.15, 0.2) is 0 Å². The van der Waals surface area contributed by atoms with E-state index in [9.17, 15) is 4.79 Å². The summed E-state index contributed by atoms with van der Waals surface area (Å²) in [5.41, 5.74) is 5.49. The molecule has 2 N–H and O–H groups in total. The molecule has 0 amide bonds. The minimum atomic E-state index is -0.592. The Morgan fingerprint density at radius 3 is 2.06 bits per heavy atom. The fraction of sp³-hybridized carbons (Fsp3) is 0.364. The third-order valence-corrected chi connectivity index (χ3v) is 2.26. The molecule has 0 aliphatic heterocycles. The Balaban J connectivity index is 3.10. The Morgan fingerprint density at radius 2 is 1.69 bits per heavy atom. The van der Waals surface area contributed by atoms with E-state index in [1.807, 2.05) is 0 Å². The minimum Gasteiger partial charge on any atom is -0.456 e. The number of anilines is 1. The summed E-state index contributed by atoms with van der Waals surface area (Å²) in [6.45, 7) is 5.30. The molecule has 0 aliphatic carbocycles. The molecule has 0 fully saturated rings. The topological polar surface area (TPSA) is 52.3 Å². The van der Waals surface area contributed by atoms with Gasteiger partial charge in [0, 0.05) is 5.69 Å². The van der Waals surface area contributed by atoms with Crippen LogP contribution >= 0.6 is 23.2 Å². The summed E-state index contributed by atoms with van der Waals surface area (Å²) in [6.07, 6.45) is 0. The van der Waals surface area contributed by atoms with Crippen LogP contribution in [0.1, 0.15) is 31.1 Å². The Hall–Kier alpha value is -0.930. The molecule has 0 aromatic heterocycles. The van der Waals surface area contributed by atoms with Crippen molar-refractivity contribution in [3.63, 3.8) is 0 Å². The average molecular weight is 262 g/mol. The van der Waals surface area contributed by atoms with E-state index in [1.165, 1.54) is 12.1 Å². The lowest BCUT2D eigenvalue weighted by Gasteiger charge is -2.20. The molecule has 0 radical (unpaired) electrons. The summed E-state index contributed by atoms with van der Waals surface area (Å²) in [6, 6.07) is 2.93. The van der Waals surface area contributed by atoms with Crippen LogP contribution in [0.4, 0.5) is 5.69 Å². The number of carbonyl (C=O) groups excluding carboxylic acids is 1. The SMILES string of the molecule is CC(C)(C)OC(=O)c1c(Cl)cc(N)cc1Cl. The van der Waals surface area contributed by atoms with Gasteiger partial charge >= 0.3 is 5.97 Å². The molecule has 3 nitrogen and oxygen atoms in total. The van der Waals surface area contributed by atoms with Crippen LogP contribution in [0, 0.1) is 0 Å². The lowest BCUT2D eigenvalue weighted by Crippen LogP contribution is -2.24. The first-order chi connectivity index (χ1) is 7.20. The van der Waals surface area contributed by atoms with Gasteiger partial charge in [0.2, 0.25) is 0 Å². The second-order valence-electron chi connectivity index (χ2n) is 4.36. The Kier molecular flexibility index (Phi) is 3.71. The van der Waals surface area contributed by atoms with E-state index in [-0.39, 0.29) is 15.6 Å². The summed E-state index contributed by atoms with van der Waals surface area (Å²) < 4.78 is 5.18. The van der Waals surface area contributed by atoms with Crippen LogP contribution < -0.4 is 5.73 Å². The standard InChI is InChI=1S/C11H13Cl2NO2/c1-11(2,3)16-10(15)9-7(12)4-6(14)5-8(9)13/h4-5H,14H2,1-3H3. The predicted molar refractivity (Wildman–Crippen MR) is 66.0 cm³/mol. The normalized spacial score (nSPS) is 11.3. The number of benzene rings is 1. The van der Waals surface area contributed by atoms with Gasteiger partial charge in [-0.15, -0.1) is 0 Å². The average Bonchev–Trinajstić information content (AvgIpc) is 1.96. The highest BCUT2D eigenvalue weighted by molar-refractivity contribution is 6.39. The van der Waals surface area contributed by atoms with Gasteiger partial charge in [0.1, 0.15) is 5.60 Å². The summed E-state index contributed by atoms with van der Waals surface area (Å²) >= 11 is 11.8. The molecule has 1 aromatic rings. The number of hydrogen-bond acceptors (Lipinski definition) is 3. The molecule has 0 spiro atoms. The van der Waals surface area contributed by atoms with Crippen molar-refractivity contribution in [2.75, 3.05) is 5.73 Å². The zero-order valence-corrected chi connectivity index (χ0v) is 10.8. The molecular formula is C11H13Cl2NO2. The lowest BCUT2D eigenvalue weighted by molar-refractivity contribution is 0.00700. The van der Waals surface area contributed by atoms with Crippen molar-refractivity contribution < 1.29 is 9.53 Å². The van der Waals surface area contributed by atoms with E-state index >= 15 is 0 Å². The van der Waals surface area contributed by atoms with Crippen molar-refractivity contribution in [1.82, 2.24) is 0 Å². The molecular weight excluding hydrogens is 249 g/mol. The largest absolute Gasteiger partial charge is 0.456 e. The van der Waals surface area contributed by atoms with Crippen LogP contribution in [0.5, 0.6) is 0 Å². The zero-order chi connectivity index (χ0) is 12.5. The van der Waals surface area contributed by atoms with Crippen molar-refractivity contribution in [2.24, 2.45) is 0 Å². The highest BCUT2D eigenvalue weighted by Gasteiger charge is 2.22. The number of nitrogens with two attached hydrogens (primary N) is 1. The number of rotatable bonds is 1. The van der Waals surface area contributed by atoms with E-state index in [0.29, 0.717) is 5.69 Å². The van der Waals surface area contributed by atoms with Crippen molar-refractivity contribution in [2.45, 2.75) is 26.4 Å². The first kappa shape index (κ1) is 13.1. The van der Waals surface area contributed by atoms with Gasteiger partial charge in [-0.1, -0.05) is 23.2 Å². The number of hydrogen-bond donors (Lipinski definition) is 1. The summed E-state index contributed by atoms with van der Waals surface area (Å²) in [5.74, 6) is -0.553. The fourth-order valence-corrected chi connectivity index (χ4v) is 1.78. The molecule has 88 valence electrons. The summed E-state index contributed by atoms with van der Waals surface area (Å²) in [4.78, 5) is 11.8. The highest BCUT2D eigenvalue weighted by Crippen LogP contribution is 2.29. The lowest BCUT2D eigenvalue weighted by atomic mass is 10.1. The maximum absolute atomic E-state index is 11.8. The van der Waals surface area contributed by atoms with Crippen LogP contribution in [-0.2, 0) is 4.74 Å². The fourth-order valence-electron chi connectivity index (χ4n) is 1.12.